The van der Waals surface area contributed by atoms with Gasteiger partial charge in [0.05, 0.1) is 18.0 Å². The van der Waals surface area contributed by atoms with Gasteiger partial charge in [0.2, 0.25) is 5.91 Å². The van der Waals surface area contributed by atoms with E-state index in [1.165, 1.54) is 5.56 Å². The molecular weight excluding hydrogens is 316 g/mol. The Bertz CT molecular complexity index is 735. The number of nitrogens with one attached hydrogen (secondary N) is 1. The van der Waals surface area contributed by atoms with Gasteiger partial charge in [-0.15, -0.1) is 0 Å². The number of likely N-dealkylation sites (N-methyl/N-ethyl adjacent to an activating group) is 1. The number of aromatic nitrogens is 2. The van der Waals surface area contributed by atoms with Gasteiger partial charge in [-0.05, 0) is 39.3 Å². The van der Waals surface area contributed by atoms with Gasteiger partial charge in [0, 0.05) is 50.3 Å². The molecule has 0 spiro atoms. The van der Waals surface area contributed by atoms with E-state index < -0.39 is 0 Å². The fourth-order valence-corrected chi connectivity index (χ4v) is 3.89. The molecule has 1 saturated heterocycles. The summed E-state index contributed by atoms with van der Waals surface area (Å²) in [6.07, 6.45) is 4.11. The molecule has 1 aliphatic heterocycles. The smallest absolute Gasteiger partial charge is 0.224 e. The molecule has 2 aromatic rings. The molecule has 1 aliphatic rings. The maximum atomic E-state index is 12.4. The summed E-state index contributed by atoms with van der Waals surface area (Å²) in [5, 5.41) is 8.21. The molecule has 3 atom stereocenters. The van der Waals surface area contributed by atoms with Crippen molar-refractivity contribution in [3.63, 3.8) is 0 Å². The molecule has 1 amide bonds. The van der Waals surface area contributed by atoms with Crippen molar-refractivity contribution in [3.05, 3.63) is 41.1 Å². The number of likely N-dealkylation sites (tertiary alicyclic amines) is 1. The number of rotatable bonds is 6. The van der Waals surface area contributed by atoms with Crippen LogP contribution in [0.1, 0.15) is 48.5 Å². The van der Waals surface area contributed by atoms with E-state index in [9.17, 15) is 4.79 Å². The van der Waals surface area contributed by atoms with E-state index >= 15 is 0 Å². The SMILES string of the molecule is Cc1nn(C)c(C)c1[C@H]1[C@H](N[C@H](C)CCc2ccco2)CC(=O)N1C. The highest BCUT2D eigenvalue weighted by molar-refractivity contribution is 5.80. The van der Waals surface area contributed by atoms with Gasteiger partial charge >= 0.3 is 0 Å². The zero-order chi connectivity index (χ0) is 18.1. The molecule has 2 aromatic heterocycles. The summed E-state index contributed by atoms with van der Waals surface area (Å²) in [5.41, 5.74) is 3.30. The van der Waals surface area contributed by atoms with E-state index in [1.54, 1.807) is 6.26 Å². The van der Waals surface area contributed by atoms with Crippen LogP contribution in [0.25, 0.3) is 0 Å². The summed E-state index contributed by atoms with van der Waals surface area (Å²) in [7, 11) is 3.85. The molecule has 1 N–H and O–H groups in total. The summed E-state index contributed by atoms with van der Waals surface area (Å²) < 4.78 is 7.31. The van der Waals surface area contributed by atoms with E-state index in [-0.39, 0.29) is 18.0 Å². The molecule has 0 bridgehead atoms. The maximum absolute atomic E-state index is 12.4. The lowest BCUT2D eigenvalue weighted by molar-refractivity contribution is -0.127. The lowest BCUT2D eigenvalue weighted by Gasteiger charge is -2.28. The summed E-state index contributed by atoms with van der Waals surface area (Å²) in [6, 6.07) is 4.36. The first-order chi connectivity index (χ1) is 11.9. The molecule has 0 unspecified atom stereocenters. The molecule has 6 nitrogen and oxygen atoms in total. The second kappa shape index (κ2) is 7.04. The van der Waals surface area contributed by atoms with Gasteiger partial charge in [0.15, 0.2) is 0 Å². The minimum Gasteiger partial charge on any atom is -0.469 e. The molecule has 0 aromatic carbocycles. The Balaban J connectivity index is 1.73. The van der Waals surface area contributed by atoms with E-state index in [2.05, 4.69) is 24.3 Å². The zero-order valence-electron chi connectivity index (χ0n) is 15.7. The van der Waals surface area contributed by atoms with Crippen molar-refractivity contribution >= 4 is 5.91 Å². The first kappa shape index (κ1) is 17.7. The van der Waals surface area contributed by atoms with Crippen molar-refractivity contribution in [2.45, 2.75) is 58.2 Å². The molecular formula is C19H28N4O2. The summed E-state index contributed by atoms with van der Waals surface area (Å²) in [5.74, 6) is 1.19. The topological polar surface area (TPSA) is 63.3 Å². The van der Waals surface area contributed by atoms with Crippen molar-refractivity contribution in [1.29, 1.82) is 0 Å². The highest BCUT2D eigenvalue weighted by Gasteiger charge is 2.41. The normalized spacial score (nSPS) is 22.0. The Morgan fingerprint density at radius 2 is 2.16 bits per heavy atom. The molecule has 0 radical (unpaired) electrons. The summed E-state index contributed by atoms with van der Waals surface area (Å²) in [6.45, 7) is 6.27. The highest BCUT2D eigenvalue weighted by atomic mass is 16.3. The molecule has 136 valence electrons. The van der Waals surface area contributed by atoms with Gasteiger partial charge < -0.3 is 14.6 Å². The third kappa shape index (κ3) is 3.49. The van der Waals surface area contributed by atoms with Crippen molar-refractivity contribution < 1.29 is 9.21 Å². The molecule has 0 saturated carbocycles. The number of furan rings is 1. The van der Waals surface area contributed by atoms with Crippen molar-refractivity contribution in [1.82, 2.24) is 20.0 Å². The number of aryl methyl sites for hydroxylation is 3. The number of hydrogen-bond acceptors (Lipinski definition) is 4. The average Bonchev–Trinajstić information content (AvgIpc) is 3.22. The second-order valence-electron chi connectivity index (χ2n) is 7.15. The molecule has 3 heterocycles. The van der Waals surface area contributed by atoms with E-state index in [1.807, 2.05) is 42.7 Å². The van der Waals surface area contributed by atoms with Gasteiger partial charge in [-0.2, -0.15) is 5.10 Å². The second-order valence-corrected chi connectivity index (χ2v) is 7.15. The lowest BCUT2D eigenvalue weighted by Crippen LogP contribution is -2.40. The van der Waals surface area contributed by atoms with E-state index in [0.29, 0.717) is 12.5 Å². The van der Waals surface area contributed by atoms with Crippen LogP contribution in [0, 0.1) is 13.8 Å². The zero-order valence-corrected chi connectivity index (χ0v) is 15.7. The Morgan fingerprint density at radius 3 is 2.76 bits per heavy atom. The van der Waals surface area contributed by atoms with Crippen LogP contribution in [0.15, 0.2) is 22.8 Å². The van der Waals surface area contributed by atoms with Gasteiger partial charge in [0.25, 0.3) is 0 Å². The molecule has 25 heavy (non-hydrogen) atoms. The lowest BCUT2D eigenvalue weighted by atomic mass is 9.97. The third-order valence-corrected chi connectivity index (χ3v) is 5.35. The predicted octanol–water partition coefficient (Wildman–Crippen LogP) is 2.51. The van der Waals surface area contributed by atoms with Crippen molar-refractivity contribution in [2.75, 3.05) is 7.05 Å². The average molecular weight is 344 g/mol. The van der Waals surface area contributed by atoms with E-state index in [4.69, 9.17) is 4.42 Å². The molecule has 1 fully saturated rings. The highest BCUT2D eigenvalue weighted by Crippen LogP contribution is 2.35. The first-order valence-electron chi connectivity index (χ1n) is 8.92. The third-order valence-electron chi connectivity index (χ3n) is 5.35. The quantitative estimate of drug-likeness (QED) is 0.875. The molecule has 0 aliphatic carbocycles. The Kier molecular flexibility index (Phi) is 4.99. The Morgan fingerprint density at radius 1 is 1.40 bits per heavy atom. The number of amides is 1. The largest absolute Gasteiger partial charge is 0.469 e. The van der Waals surface area contributed by atoms with Crippen LogP contribution < -0.4 is 5.32 Å². The number of nitrogens with zero attached hydrogens (tertiary/aromatic N) is 3. The predicted molar refractivity (Wildman–Crippen MR) is 96.2 cm³/mol. The van der Waals surface area contributed by atoms with Crippen LogP contribution >= 0.6 is 0 Å². The standard InChI is InChI=1S/C19H28N4O2/c1-12(8-9-15-7-6-10-25-15)20-16-11-17(24)22(4)19(16)18-13(2)21-23(5)14(18)3/h6-7,10,12,16,19-20H,8-9,11H2,1-5H3/t12-,16-,19-/m1/s1. The fourth-order valence-electron chi connectivity index (χ4n) is 3.89. The van der Waals surface area contributed by atoms with Crippen LogP contribution in [0.3, 0.4) is 0 Å². The van der Waals surface area contributed by atoms with Crippen LogP contribution in [0.5, 0.6) is 0 Å². The van der Waals surface area contributed by atoms with Crippen LogP contribution in [0.4, 0.5) is 0 Å². The van der Waals surface area contributed by atoms with Gasteiger partial charge in [-0.1, -0.05) is 0 Å². The fraction of sp³-hybridized carbons (Fsp3) is 0.579. The minimum absolute atomic E-state index is 0.0345. The van der Waals surface area contributed by atoms with Gasteiger partial charge in [-0.25, -0.2) is 0 Å². The number of carbonyl (C=O) groups is 1. The van der Waals surface area contributed by atoms with Crippen molar-refractivity contribution in [2.24, 2.45) is 7.05 Å². The minimum atomic E-state index is 0.0345. The van der Waals surface area contributed by atoms with Crippen LogP contribution in [-0.2, 0) is 18.3 Å². The molecule has 3 rings (SSSR count). The monoisotopic (exact) mass is 344 g/mol. The maximum Gasteiger partial charge on any atom is 0.224 e. The Labute approximate surface area is 149 Å². The van der Waals surface area contributed by atoms with Gasteiger partial charge in [-0.3, -0.25) is 9.48 Å². The number of carbonyl (C=O) groups excluding carboxylic acids is 1. The van der Waals surface area contributed by atoms with Crippen molar-refractivity contribution in [3.8, 4) is 0 Å². The molecule has 6 heteroatoms. The summed E-state index contributed by atoms with van der Waals surface area (Å²) >= 11 is 0. The van der Waals surface area contributed by atoms with E-state index in [0.717, 1.165) is 30.0 Å². The Hall–Kier alpha value is -2.08. The first-order valence-corrected chi connectivity index (χ1v) is 8.92. The van der Waals surface area contributed by atoms with Crippen LogP contribution in [-0.4, -0.2) is 39.7 Å². The van der Waals surface area contributed by atoms with Gasteiger partial charge in [0.1, 0.15) is 5.76 Å². The summed E-state index contributed by atoms with van der Waals surface area (Å²) in [4.78, 5) is 14.2. The van der Waals surface area contributed by atoms with Crippen LogP contribution in [0.2, 0.25) is 0 Å². The number of hydrogen-bond donors (Lipinski definition) is 1.